The summed E-state index contributed by atoms with van der Waals surface area (Å²) in [5.41, 5.74) is 1.96. The third-order valence-corrected chi connectivity index (χ3v) is 3.81. The van der Waals surface area contributed by atoms with Crippen LogP contribution in [0.25, 0.3) is 5.57 Å². The summed E-state index contributed by atoms with van der Waals surface area (Å²) in [6.45, 7) is 4.28. The lowest BCUT2D eigenvalue weighted by Gasteiger charge is -2.15. The molecule has 0 aromatic heterocycles. The minimum absolute atomic E-state index is 0.167. The number of allylic oxidation sites excluding steroid dienone is 1. The molecule has 4 N–H and O–H groups in total. The number of carboxylic acid groups (broad SMARTS) is 1. The summed E-state index contributed by atoms with van der Waals surface area (Å²) in [7, 11) is 0. The highest BCUT2D eigenvalue weighted by Gasteiger charge is 2.12. The van der Waals surface area contributed by atoms with Crippen molar-refractivity contribution in [2.24, 2.45) is 0 Å². The van der Waals surface area contributed by atoms with E-state index in [9.17, 15) is 18.4 Å². The van der Waals surface area contributed by atoms with E-state index >= 15 is 0 Å². The molecule has 0 fully saturated rings. The van der Waals surface area contributed by atoms with Crippen LogP contribution in [0.3, 0.4) is 0 Å². The molecule has 2 rings (SSSR count). The average Bonchev–Trinajstić information content (AvgIpc) is 2.62. The summed E-state index contributed by atoms with van der Waals surface area (Å²) in [6, 6.07) is 7.18. The molecular formula is C20H21F2N3O3. The topological polar surface area (TPSA) is 90.5 Å². The van der Waals surface area contributed by atoms with E-state index < -0.39 is 23.6 Å². The lowest BCUT2D eigenvalue weighted by molar-refractivity contribution is -0.131. The van der Waals surface area contributed by atoms with Crippen molar-refractivity contribution in [3.63, 3.8) is 0 Å². The van der Waals surface area contributed by atoms with Gasteiger partial charge in [-0.15, -0.1) is 0 Å². The van der Waals surface area contributed by atoms with Crippen LogP contribution in [-0.2, 0) is 4.79 Å². The van der Waals surface area contributed by atoms with Crippen LogP contribution in [0.4, 0.5) is 30.6 Å². The highest BCUT2D eigenvalue weighted by molar-refractivity contribution is 6.02. The zero-order valence-corrected chi connectivity index (χ0v) is 15.5. The quantitative estimate of drug-likeness (QED) is 0.506. The van der Waals surface area contributed by atoms with Gasteiger partial charge in [0.2, 0.25) is 0 Å². The Labute approximate surface area is 161 Å². The molecule has 0 bridgehead atoms. The summed E-state index contributed by atoms with van der Waals surface area (Å²) in [4.78, 5) is 23.2. The molecule has 0 saturated heterocycles. The lowest BCUT2D eigenvalue weighted by Crippen LogP contribution is -2.21. The molecule has 0 heterocycles. The summed E-state index contributed by atoms with van der Waals surface area (Å²) < 4.78 is 26.7. The van der Waals surface area contributed by atoms with E-state index in [0.29, 0.717) is 35.1 Å². The average molecular weight is 389 g/mol. The number of carboxylic acids is 1. The van der Waals surface area contributed by atoms with Crippen LogP contribution in [0.15, 0.2) is 42.5 Å². The number of nitrogens with one attached hydrogen (secondary N) is 3. The monoisotopic (exact) mass is 389 g/mol. The van der Waals surface area contributed by atoms with Crippen molar-refractivity contribution in [2.75, 3.05) is 22.5 Å². The maximum Gasteiger partial charge on any atom is 0.328 e. The van der Waals surface area contributed by atoms with Crippen molar-refractivity contribution in [1.82, 2.24) is 0 Å². The summed E-state index contributed by atoms with van der Waals surface area (Å²) in [6.07, 6.45) is 1.92. The first-order valence-electron chi connectivity index (χ1n) is 8.62. The van der Waals surface area contributed by atoms with Crippen LogP contribution in [0.5, 0.6) is 0 Å². The fourth-order valence-electron chi connectivity index (χ4n) is 2.44. The SMILES string of the molecule is CCCNc1ccc(/C(C)=C/C(=O)O)cc1NC(=O)Nc1ccc(F)cc1F. The minimum atomic E-state index is -1.08. The van der Waals surface area contributed by atoms with Gasteiger partial charge in [0, 0.05) is 18.7 Å². The number of amides is 2. The number of hydrogen-bond acceptors (Lipinski definition) is 3. The van der Waals surface area contributed by atoms with Crippen LogP contribution in [0, 0.1) is 11.6 Å². The number of anilines is 3. The molecule has 0 radical (unpaired) electrons. The molecule has 0 atom stereocenters. The Balaban J connectivity index is 2.26. The van der Waals surface area contributed by atoms with Gasteiger partial charge in [0.1, 0.15) is 11.6 Å². The second kappa shape index (κ2) is 9.50. The van der Waals surface area contributed by atoms with Crippen LogP contribution in [-0.4, -0.2) is 23.7 Å². The maximum absolute atomic E-state index is 13.7. The number of hydrogen-bond donors (Lipinski definition) is 4. The van der Waals surface area contributed by atoms with E-state index in [4.69, 9.17) is 5.11 Å². The highest BCUT2D eigenvalue weighted by Crippen LogP contribution is 2.27. The van der Waals surface area contributed by atoms with Gasteiger partial charge < -0.3 is 21.1 Å². The van der Waals surface area contributed by atoms with Crippen LogP contribution < -0.4 is 16.0 Å². The molecule has 8 heteroatoms. The lowest BCUT2D eigenvalue weighted by atomic mass is 10.1. The molecule has 0 spiro atoms. The molecule has 0 aliphatic carbocycles. The Morgan fingerprint density at radius 2 is 1.71 bits per heavy atom. The number of urea groups is 1. The smallest absolute Gasteiger partial charge is 0.328 e. The first kappa shape index (κ1) is 20.9. The molecule has 0 unspecified atom stereocenters. The Hall–Kier alpha value is -3.42. The van der Waals surface area contributed by atoms with Crippen molar-refractivity contribution < 1.29 is 23.5 Å². The van der Waals surface area contributed by atoms with Crippen molar-refractivity contribution in [2.45, 2.75) is 20.3 Å². The normalized spacial score (nSPS) is 11.1. The highest BCUT2D eigenvalue weighted by atomic mass is 19.1. The standard InChI is InChI=1S/C20H21F2N3O3/c1-3-8-23-17-6-4-13(12(2)9-19(26)27)10-18(17)25-20(28)24-16-7-5-14(21)11-15(16)22/h4-7,9-11,23H,3,8H2,1-2H3,(H,26,27)(H2,24,25,28)/b12-9+. The van der Waals surface area contributed by atoms with E-state index in [1.807, 2.05) is 6.92 Å². The number of rotatable bonds is 7. The number of carbonyl (C=O) groups is 2. The molecule has 28 heavy (non-hydrogen) atoms. The molecule has 2 amide bonds. The molecule has 2 aromatic rings. The van der Waals surface area contributed by atoms with Gasteiger partial charge in [-0.2, -0.15) is 0 Å². The van der Waals surface area contributed by atoms with Crippen LogP contribution in [0.2, 0.25) is 0 Å². The Bertz CT molecular complexity index is 914. The molecule has 148 valence electrons. The molecule has 2 aromatic carbocycles. The van der Waals surface area contributed by atoms with Crippen molar-refractivity contribution in [1.29, 1.82) is 0 Å². The fourth-order valence-corrected chi connectivity index (χ4v) is 2.44. The van der Waals surface area contributed by atoms with E-state index in [0.717, 1.165) is 24.6 Å². The molecule has 6 nitrogen and oxygen atoms in total. The first-order chi connectivity index (χ1) is 13.3. The summed E-state index contributed by atoms with van der Waals surface area (Å²) >= 11 is 0. The third kappa shape index (κ3) is 5.80. The van der Waals surface area contributed by atoms with Crippen LogP contribution >= 0.6 is 0 Å². The zero-order chi connectivity index (χ0) is 20.7. The molecular weight excluding hydrogens is 368 g/mol. The molecule has 0 saturated carbocycles. The van der Waals surface area contributed by atoms with Crippen molar-refractivity contribution >= 4 is 34.6 Å². The number of benzene rings is 2. The van der Waals surface area contributed by atoms with Gasteiger partial charge in [0.05, 0.1) is 17.1 Å². The number of aliphatic carboxylic acids is 1. The van der Waals surface area contributed by atoms with Gasteiger partial charge in [-0.05, 0) is 48.7 Å². The first-order valence-corrected chi connectivity index (χ1v) is 8.62. The number of halogens is 2. The van der Waals surface area contributed by atoms with E-state index in [-0.39, 0.29) is 5.69 Å². The fraction of sp³-hybridized carbons (Fsp3) is 0.200. The second-order valence-corrected chi connectivity index (χ2v) is 6.06. The van der Waals surface area contributed by atoms with E-state index in [1.54, 1.807) is 25.1 Å². The van der Waals surface area contributed by atoms with Crippen molar-refractivity contribution in [3.05, 3.63) is 59.7 Å². The van der Waals surface area contributed by atoms with Gasteiger partial charge in [-0.1, -0.05) is 13.0 Å². The number of carbonyl (C=O) groups excluding carboxylic acids is 1. The molecule has 0 aliphatic rings. The largest absolute Gasteiger partial charge is 0.478 e. The maximum atomic E-state index is 13.7. The predicted molar refractivity (Wildman–Crippen MR) is 106 cm³/mol. The van der Waals surface area contributed by atoms with Gasteiger partial charge >= 0.3 is 12.0 Å². The third-order valence-electron chi connectivity index (χ3n) is 3.81. The Morgan fingerprint density at radius 3 is 2.36 bits per heavy atom. The Morgan fingerprint density at radius 1 is 1.04 bits per heavy atom. The van der Waals surface area contributed by atoms with E-state index in [2.05, 4.69) is 16.0 Å². The van der Waals surface area contributed by atoms with E-state index in [1.165, 1.54) is 0 Å². The van der Waals surface area contributed by atoms with Gasteiger partial charge in [0.25, 0.3) is 0 Å². The van der Waals surface area contributed by atoms with Gasteiger partial charge in [-0.3, -0.25) is 0 Å². The van der Waals surface area contributed by atoms with Gasteiger partial charge in [0.15, 0.2) is 0 Å². The van der Waals surface area contributed by atoms with Crippen molar-refractivity contribution in [3.8, 4) is 0 Å². The summed E-state index contributed by atoms with van der Waals surface area (Å²) in [5, 5.41) is 17.0. The summed E-state index contributed by atoms with van der Waals surface area (Å²) in [5.74, 6) is -2.72. The predicted octanol–water partition coefficient (Wildman–Crippen LogP) is 4.92. The second-order valence-electron chi connectivity index (χ2n) is 6.06. The zero-order valence-electron chi connectivity index (χ0n) is 15.5. The minimum Gasteiger partial charge on any atom is -0.478 e. The molecule has 0 aliphatic heterocycles. The van der Waals surface area contributed by atoms with Crippen LogP contribution in [0.1, 0.15) is 25.8 Å². The Kier molecular flexibility index (Phi) is 7.08. The van der Waals surface area contributed by atoms with Gasteiger partial charge in [-0.25, -0.2) is 18.4 Å².